The number of hydrogen-bond donors (Lipinski definition) is 0. The average Bonchev–Trinajstić information content (AvgIpc) is 3.22. The summed E-state index contributed by atoms with van der Waals surface area (Å²) in [7, 11) is 1.87. The largest absolute Gasteiger partial charge is 0.484 e. The fraction of sp³-hybridized carbons (Fsp3) is 0.316. The van der Waals surface area contributed by atoms with Crippen LogP contribution in [0.3, 0.4) is 0 Å². The van der Waals surface area contributed by atoms with Crippen molar-refractivity contribution in [3.05, 3.63) is 65.6 Å². The Morgan fingerprint density at radius 1 is 1.27 bits per heavy atom. The van der Waals surface area contributed by atoms with Crippen LogP contribution >= 0.6 is 0 Å². The van der Waals surface area contributed by atoms with Crippen molar-refractivity contribution in [2.75, 3.05) is 13.1 Å². The molecule has 0 bridgehead atoms. The second-order valence-corrected chi connectivity index (χ2v) is 6.56. The Bertz CT molecular complexity index is 907. The van der Waals surface area contributed by atoms with Gasteiger partial charge < -0.3 is 18.7 Å². The maximum atomic E-state index is 12.4. The Balaban J connectivity index is 1.31. The van der Waals surface area contributed by atoms with Gasteiger partial charge in [0, 0.05) is 26.3 Å². The molecule has 3 aromatic rings. The first-order chi connectivity index (χ1) is 12.6. The molecule has 7 nitrogen and oxygen atoms in total. The summed E-state index contributed by atoms with van der Waals surface area (Å²) in [6.45, 7) is 3.46. The Kier molecular flexibility index (Phi) is 4.20. The molecule has 0 saturated carbocycles. The van der Waals surface area contributed by atoms with Crippen LogP contribution in [0.2, 0.25) is 0 Å². The number of hydrogen-bond acceptors (Lipinski definition) is 5. The third-order valence-electron chi connectivity index (χ3n) is 4.56. The zero-order chi connectivity index (χ0) is 18.1. The van der Waals surface area contributed by atoms with E-state index in [0.29, 0.717) is 30.5 Å². The third kappa shape index (κ3) is 3.20. The van der Waals surface area contributed by atoms with Crippen molar-refractivity contribution in [1.82, 2.24) is 19.6 Å². The van der Waals surface area contributed by atoms with Crippen molar-refractivity contribution in [3.8, 4) is 5.75 Å². The number of aryl methyl sites for hydroxylation is 2. The van der Waals surface area contributed by atoms with Gasteiger partial charge >= 0.3 is 0 Å². The van der Waals surface area contributed by atoms with Crippen molar-refractivity contribution < 1.29 is 14.1 Å². The number of carbonyl (C=O) groups excluding carboxylic acids is 1. The van der Waals surface area contributed by atoms with Crippen LogP contribution in [0.1, 0.15) is 33.7 Å². The molecular formula is C19H20N4O3. The normalized spacial score (nSPS) is 14.3. The molecule has 0 aliphatic carbocycles. The summed E-state index contributed by atoms with van der Waals surface area (Å²) in [6.07, 6.45) is 1.87. The first kappa shape index (κ1) is 16.4. The summed E-state index contributed by atoms with van der Waals surface area (Å²) in [6, 6.07) is 11.5. The van der Waals surface area contributed by atoms with E-state index in [1.54, 1.807) is 4.90 Å². The van der Waals surface area contributed by atoms with Gasteiger partial charge in [0.25, 0.3) is 11.8 Å². The molecule has 1 aliphatic heterocycles. The average molecular weight is 352 g/mol. The predicted octanol–water partition coefficient (Wildman–Crippen LogP) is 2.54. The molecule has 0 radical (unpaired) electrons. The van der Waals surface area contributed by atoms with E-state index in [9.17, 15) is 4.79 Å². The molecule has 1 amide bonds. The number of amides is 1. The van der Waals surface area contributed by atoms with Crippen LogP contribution in [0.5, 0.6) is 5.75 Å². The maximum absolute atomic E-state index is 12.4. The Morgan fingerprint density at radius 2 is 2.04 bits per heavy atom. The molecule has 1 fully saturated rings. The highest BCUT2D eigenvalue weighted by atomic mass is 16.5. The summed E-state index contributed by atoms with van der Waals surface area (Å²) in [5.74, 6) is 1.96. The number of carbonyl (C=O) groups is 1. The van der Waals surface area contributed by atoms with E-state index in [1.807, 2.05) is 61.1 Å². The van der Waals surface area contributed by atoms with Crippen molar-refractivity contribution >= 4 is 5.91 Å². The second-order valence-electron chi connectivity index (χ2n) is 6.56. The summed E-state index contributed by atoms with van der Waals surface area (Å²) in [5.41, 5.74) is 1.86. The number of rotatable bonds is 5. The van der Waals surface area contributed by atoms with Crippen LogP contribution < -0.4 is 4.74 Å². The molecule has 1 aromatic carbocycles. The SMILES string of the molecule is Cc1ccc(OCc2nc(C3CN(C(=O)c4cccn4C)C3)no2)cc1. The summed E-state index contributed by atoms with van der Waals surface area (Å²) in [5, 5.41) is 4.03. The summed E-state index contributed by atoms with van der Waals surface area (Å²) in [4.78, 5) is 18.6. The standard InChI is InChI=1S/C19H20N4O3/c1-13-5-7-15(8-6-13)25-12-17-20-18(21-26-17)14-10-23(11-14)19(24)16-4-3-9-22(16)2/h3-9,14H,10-12H2,1-2H3. The highest BCUT2D eigenvalue weighted by Crippen LogP contribution is 2.26. The van der Waals surface area contributed by atoms with Gasteiger partial charge in [0.1, 0.15) is 11.4 Å². The van der Waals surface area contributed by atoms with Crippen LogP contribution in [-0.4, -0.2) is 38.6 Å². The lowest BCUT2D eigenvalue weighted by molar-refractivity contribution is 0.0582. The number of ether oxygens (including phenoxy) is 1. The summed E-state index contributed by atoms with van der Waals surface area (Å²) < 4.78 is 12.7. The van der Waals surface area contributed by atoms with Crippen molar-refractivity contribution in [1.29, 1.82) is 0 Å². The molecule has 0 atom stereocenters. The van der Waals surface area contributed by atoms with E-state index in [-0.39, 0.29) is 18.4 Å². The molecular weight excluding hydrogens is 332 g/mol. The molecule has 0 unspecified atom stereocenters. The van der Waals surface area contributed by atoms with Crippen LogP contribution in [-0.2, 0) is 13.7 Å². The Morgan fingerprint density at radius 3 is 2.73 bits per heavy atom. The zero-order valence-electron chi connectivity index (χ0n) is 14.8. The van der Waals surface area contributed by atoms with Gasteiger partial charge in [-0.2, -0.15) is 4.98 Å². The molecule has 0 N–H and O–H groups in total. The quantitative estimate of drug-likeness (QED) is 0.705. The Labute approximate surface area is 151 Å². The van der Waals surface area contributed by atoms with Crippen molar-refractivity contribution in [2.24, 2.45) is 7.05 Å². The molecule has 3 heterocycles. The number of benzene rings is 1. The predicted molar refractivity (Wildman–Crippen MR) is 93.9 cm³/mol. The number of nitrogens with zero attached hydrogens (tertiary/aromatic N) is 4. The van der Waals surface area contributed by atoms with Crippen LogP contribution in [0, 0.1) is 6.92 Å². The fourth-order valence-corrected chi connectivity index (χ4v) is 2.93. The lowest BCUT2D eigenvalue weighted by Gasteiger charge is -2.37. The lowest BCUT2D eigenvalue weighted by atomic mass is 9.99. The van der Waals surface area contributed by atoms with Gasteiger partial charge in [-0.1, -0.05) is 22.9 Å². The van der Waals surface area contributed by atoms with Gasteiger partial charge in [-0.05, 0) is 31.2 Å². The fourth-order valence-electron chi connectivity index (χ4n) is 2.93. The first-order valence-corrected chi connectivity index (χ1v) is 8.52. The monoisotopic (exact) mass is 352 g/mol. The smallest absolute Gasteiger partial charge is 0.270 e. The first-order valence-electron chi connectivity index (χ1n) is 8.52. The van der Waals surface area contributed by atoms with Gasteiger partial charge in [-0.25, -0.2) is 0 Å². The summed E-state index contributed by atoms with van der Waals surface area (Å²) >= 11 is 0. The third-order valence-corrected chi connectivity index (χ3v) is 4.56. The topological polar surface area (TPSA) is 73.4 Å². The molecule has 1 aliphatic rings. The zero-order valence-corrected chi connectivity index (χ0v) is 14.8. The molecule has 134 valence electrons. The Hall–Kier alpha value is -3.09. The number of likely N-dealkylation sites (tertiary alicyclic amines) is 1. The van der Waals surface area contributed by atoms with E-state index < -0.39 is 0 Å². The van der Waals surface area contributed by atoms with E-state index in [0.717, 1.165) is 5.75 Å². The highest BCUT2D eigenvalue weighted by Gasteiger charge is 2.36. The highest BCUT2D eigenvalue weighted by molar-refractivity contribution is 5.93. The van der Waals surface area contributed by atoms with E-state index >= 15 is 0 Å². The minimum atomic E-state index is 0.0279. The van der Waals surface area contributed by atoms with E-state index in [2.05, 4.69) is 10.1 Å². The molecule has 4 rings (SSSR count). The lowest BCUT2D eigenvalue weighted by Crippen LogP contribution is -2.49. The molecule has 2 aromatic heterocycles. The van der Waals surface area contributed by atoms with Gasteiger partial charge in [0.2, 0.25) is 0 Å². The van der Waals surface area contributed by atoms with Crippen molar-refractivity contribution in [3.63, 3.8) is 0 Å². The van der Waals surface area contributed by atoms with Crippen LogP contribution in [0.15, 0.2) is 47.1 Å². The molecule has 7 heteroatoms. The van der Waals surface area contributed by atoms with Gasteiger partial charge in [-0.3, -0.25) is 4.79 Å². The maximum Gasteiger partial charge on any atom is 0.270 e. The van der Waals surface area contributed by atoms with E-state index in [1.165, 1.54) is 5.56 Å². The second kappa shape index (κ2) is 6.67. The molecule has 0 spiro atoms. The van der Waals surface area contributed by atoms with Crippen LogP contribution in [0.4, 0.5) is 0 Å². The molecule has 1 saturated heterocycles. The van der Waals surface area contributed by atoms with Gasteiger partial charge in [0.15, 0.2) is 12.4 Å². The van der Waals surface area contributed by atoms with Gasteiger partial charge in [-0.15, -0.1) is 0 Å². The molecule has 26 heavy (non-hydrogen) atoms. The number of aromatic nitrogens is 3. The minimum absolute atomic E-state index is 0.0279. The minimum Gasteiger partial charge on any atom is -0.484 e. The van der Waals surface area contributed by atoms with Gasteiger partial charge in [0.05, 0.1) is 5.92 Å². The van der Waals surface area contributed by atoms with Crippen molar-refractivity contribution in [2.45, 2.75) is 19.4 Å². The van der Waals surface area contributed by atoms with E-state index in [4.69, 9.17) is 9.26 Å². The van der Waals surface area contributed by atoms with Crippen LogP contribution in [0.25, 0.3) is 0 Å².